The fourth-order valence-electron chi connectivity index (χ4n) is 5.30. The minimum absolute atomic E-state index is 0.136. The Hall–Kier alpha value is -4.36. The van der Waals surface area contributed by atoms with Crippen LogP contribution in [-0.4, -0.2) is 39.5 Å². The number of aromatic nitrogens is 1. The number of carboxylic acid groups (broad SMARTS) is 1. The van der Waals surface area contributed by atoms with Crippen molar-refractivity contribution in [1.82, 2.24) is 9.47 Å². The van der Waals surface area contributed by atoms with E-state index in [0.29, 0.717) is 22.5 Å². The molecule has 6 rings (SSSR count). The van der Waals surface area contributed by atoms with Gasteiger partial charge in [-0.15, -0.1) is 0 Å². The number of carboxylic acids is 1. The van der Waals surface area contributed by atoms with Gasteiger partial charge in [0.05, 0.1) is 16.8 Å². The number of nitrogens with one attached hydrogen (secondary N) is 2. The molecule has 0 bridgehead atoms. The van der Waals surface area contributed by atoms with Crippen LogP contribution in [0, 0.1) is 0 Å². The first-order valence-corrected chi connectivity index (χ1v) is 12.5. The summed E-state index contributed by atoms with van der Waals surface area (Å²) in [6, 6.07) is 21.2. The van der Waals surface area contributed by atoms with Gasteiger partial charge in [0.15, 0.2) is 0 Å². The molecule has 3 N–H and O–H groups in total. The van der Waals surface area contributed by atoms with Gasteiger partial charge in [-0.2, -0.15) is 0 Å². The summed E-state index contributed by atoms with van der Waals surface area (Å²) in [7, 11) is 2.00. The normalized spacial score (nSPS) is 16.6. The van der Waals surface area contributed by atoms with Crippen LogP contribution < -0.4 is 10.6 Å². The fraction of sp³-hybridized carbons (Fsp3) is 0.200. The largest absolute Gasteiger partial charge is 0.478 e. The maximum absolute atomic E-state index is 13.3. The Balaban J connectivity index is 1.44. The van der Waals surface area contributed by atoms with Crippen LogP contribution >= 0.6 is 0 Å². The number of anilines is 2. The van der Waals surface area contributed by atoms with Gasteiger partial charge in [-0.05, 0) is 85.6 Å². The number of benzene rings is 3. The van der Waals surface area contributed by atoms with Gasteiger partial charge in [-0.3, -0.25) is 9.69 Å². The summed E-state index contributed by atoms with van der Waals surface area (Å²) in [6.45, 7) is 3.22. The zero-order valence-corrected chi connectivity index (χ0v) is 20.6. The molecule has 0 spiro atoms. The van der Waals surface area contributed by atoms with Gasteiger partial charge < -0.3 is 20.3 Å². The minimum atomic E-state index is -1.03. The van der Waals surface area contributed by atoms with E-state index in [-0.39, 0.29) is 11.5 Å². The van der Waals surface area contributed by atoms with Gasteiger partial charge >= 0.3 is 5.97 Å². The Bertz CT molecular complexity index is 1560. The van der Waals surface area contributed by atoms with Gasteiger partial charge in [-0.1, -0.05) is 18.2 Å². The standard InChI is InChI=1S/C30H28N4O3/c1-33-15-12-20-16-21(7-11-26(20)33)28(27-24-17-22(30(36)37)6-10-25(24)32-29(27)35)31-23-8-4-19(5-9-23)18-34-13-2-3-14-34/h4-12,15-17,31H,2-3,13-14,18H2,1H3,(H,32,35)(H,36,37)/b28-27-. The Morgan fingerprint density at radius 2 is 1.73 bits per heavy atom. The molecule has 186 valence electrons. The fourth-order valence-corrected chi connectivity index (χ4v) is 5.30. The zero-order valence-electron chi connectivity index (χ0n) is 20.6. The highest BCUT2D eigenvalue weighted by molar-refractivity contribution is 6.37. The first-order valence-electron chi connectivity index (χ1n) is 12.5. The van der Waals surface area contributed by atoms with E-state index in [1.165, 1.54) is 24.5 Å². The molecule has 1 aromatic heterocycles. The highest BCUT2D eigenvalue weighted by Crippen LogP contribution is 2.38. The maximum Gasteiger partial charge on any atom is 0.335 e. The lowest BCUT2D eigenvalue weighted by molar-refractivity contribution is -0.110. The third kappa shape index (κ3) is 4.38. The summed E-state index contributed by atoms with van der Waals surface area (Å²) in [6.07, 6.45) is 4.52. The highest BCUT2D eigenvalue weighted by atomic mass is 16.4. The van der Waals surface area contributed by atoms with Crippen molar-refractivity contribution in [2.75, 3.05) is 23.7 Å². The van der Waals surface area contributed by atoms with Gasteiger partial charge in [0.1, 0.15) is 0 Å². The number of hydrogen-bond donors (Lipinski definition) is 3. The molecule has 2 aliphatic rings. The van der Waals surface area contributed by atoms with E-state index in [1.54, 1.807) is 12.1 Å². The van der Waals surface area contributed by atoms with E-state index in [9.17, 15) is 14.7 Å². The van der Waals surface area contributed by atoms with Crippen LogP contribution in [0.2, 0.25) is 0 Å². The average Bonchev–Trinajstić information content (AvgIpc) is 3.62. The summed E-state index contributed by atoms with van der Waals surface area (Å²) in [5.74, 6) is -1.30. The van der Waals surface area contributed by atoms with Crippen molar-refractivity contribution < 1.29 is 14.7 Å². The molecular formula is C30H28N4O3. The number of aromatic carboxylic acids is 1. The lowest BCUT2D eigenvalue weighted by atomic mass is 9.97. The van der Waals surface area contributed by atoms with Crippen molar-refractivity contribution >= 4 is 45.4 Å². The van der Waals surface area contributed by atoms with Crippen LogP contribution in [0.15, 0.2) is 72.9 Å². The van der Waals surface area contributed by atoms with Crippen LogP contribution in [0.3, 0.4) is 0 Å². The molecule has 3 heterocycles. The monoisotopic (exact) mass is 492 g/mol. The Morgan fingerprint density at radius 1 is 0.973 bits per heavy atom. The molecule has 4 aromatic rings. The van der Waals surface area contributed by atoms with Crippen molar-refractivity contribution in [3.05, 3.63) is 95.2 Å². The molecule has 0 aliphatic carbocycles. The zero-order chi connectivity index (χ0) is 25.5. The summed E-state index contributed by atoms with van der Waals surface area (Å²) in [5, 5.41) is 17.0. The van der Waals surface area contributed by atoms with E-state index < -0.39 is 5.97 Å². The number of aryl methyl sites for hydroxylation is 1. The number of carbonyl (C=O) groups excluding carboxylic acids is 1. The van der Waals surface area contributed by atoms with Gasteiger partial charge in [-0.25, -0.2) is 4.79 Å². The number of amides is 1. The summed E-state index contributed by atoms with van der Waals surface area (Å²) in [5.41, 5.74) is 6.42. The second kappa shape index (κ2) is 9.26. The molecule has 1 saturated heterocycles. The number of carbonyl (C=O) groups is 2. The van der Waals surface area contributed by atoms with Crippen LogP contribution in [0.1, 0.15) is 39.9 Å². The Labute approximate surface area is 215 Å². The predicted octanol–water partition coefficient (Wildman–Crippen LogP) is 5.40. The molecule has 0 saturated carbocycles. The van der Waals surface area contributed by atoms with Crippen molar-refractivity contribution in [1.29, 1.82) is 0 Å². The summed E-state index contributed by atoms with van der Waals surface area (Å²) < 4.78 is 2.05. The number of nitrogens with zero attached hydrogens (tertiary/aromatic N) is 2. The lowest BCUT2D eigenvalue weighted by Gasteiger charge is -2.17. The topological polar surface area (TPSA) is 86.6 Å². The second-order valence-electron chi connectivity index (χ2n) is 9.78. The smallest absolute Gasteiger partial charge is 0.335 e. The minimum Gasteiger partial charge on any atom is -0.478 e. The first-order chi connectivity index (χ1) is 18.0. The van der Waals surface area contributed by atoms with E-state index >= 15 is 0 Å². The van der Waals surface area contributed by atoms with Gasteiger partial charge in [0, 0.05) is 47.6 Å². The molecule has 1 fully saturated rings. The number of hydrogen-bond acceptors (Lipinski definition) is 4. The molecule has 0 atom stereocenters. The number of likely N-dealkylation sites (tertiary alicyclic amines) is 1. The van der Waals surface area contributed by atoms with Crippen molar-refractivity contribution in [2.45, 2.75) is 19.4 Å². The third-order valence-electron chi connectivity index (χ3n) is 7.26. The van der Waals surface area contributed by atoms with E-state index in [0.717, 1.165) is 41.8 Å². The Morgan fingerprint density at radius 3 is 2.49 bits per heavy atom. The highest BCUT2D eigenvalue weighted by Gasteiger charge is 2.29. The maximum atomic E-state index is 13.3. The number of fused-ring (bicyclic) bond motifs is 2. The molecule has 1 amide bonds. The second-order valence-corrected chi connectivity index (χ2v) is 9.78. The Kier molecular flexibility index (Phi) is 5.77. The number of rotatable bonds is 6. The van der Waals surface area contributed by atoms with Crippen molar-refractivity contribution in [3.8, 4) is 0 Å². The van der Waals surface area contributed by atoms with E-state index in [1.807, 2.05) is 43.6 Å². The quantitative estimate of drug-likeness (QED) is 0.314. The molecule has 37 heavy (non-hydrogen) atoms. The van der Waals surface area contributed by atoms with E-state index in [4.69, 9.17) is 0 Å². The average molecular weight is 493 g/mol. The summed E-state index contributed by atoms with van der Waals surface area (Å²) in [4.78, 5) is 27.4. The molecule has 0 radical (unpaired) electrons. The molecular weight excluding hydrogens is 464 g/mol. The first kappa shape index (κ1) is 23.1. The molecule has 3 aromatic carbocycles. The summed E-state index contributed by atoms with van der Waals surface area (Å²) >= 11 is 0. The van der Waals surface area contributed by atoms with Gasteiger partial charge in [0.2, 0.25) is 0 Å². The van der Waals surface area contributed by atoms with E-state index in [2.05, 4.69) is 38.3 Å². The molecule has 7 nitrogen and oxygen atoms in total. The van der Waals surface area contributed by atoms with Crippen LogP contribution in [0.5, 0.6) is 0 Å². The third-order valence-corrected chi connectivity index (χ3v) is 7.26. The molecule has 2 aliphatic heterocycles. The molecule has 0 unspecified atom stereocenters. The van der Waals surface area contributed by atoms with Gasteiger partial charge in [0.25, 0.3) is 5.91 Å². The van der Waals surface area contributed by atoms with Crippen LogP contribution in [-0.2, 0) is 18.4 Å². The lowest BCUT2D eigenvalue weighted by Crippen LogP contribution is -2.18. The predicted molar refractivity (Wildman–Crippen MR) is 146 cm³/mol. The van der Waals surface area contributed by atoms with Crippen molar-refractivity contribution in [3.63, 3.8) is 0 Å². The van der Waals surface area contributed by atoms with Crippen LogP contribution in [0.25, 0.3) is 22.2 Å². The SMILES string of the molecule is Cn1ccc2cc(/C(Nc3ccc(CN4CCCC4)cc3)=C3/C(=O)Nc4ccc(C(=O)O)cc43)ccc21. The molecule has 7 heteroatoms. The van der Waals surface area contributed by atoms with Crippen LogP contribution in [0.4, 0.5) is 11.4 Å². The van der Waals surface area contributed by atoms with Crippen molar-refractivity contribution in [2.24, 2.45) is 7.05 Å².